The van der Waals surface area contributed by atoms with Gasteiger partial charge in [0.2, 0.25) is 41.2 Å². The molecule has 6 rings (SSSR count). The molecule has 22 nitrogen and oxygen atoms in total. The lowest BCUT2D eigenvalue weighted by atomic mass is 10.0. The van der Waals surface area contributed by atoms with E-state index in [1.165, 1.54) is 26.1 Å². The number of aromatic nitrogens is 1. The van der Waals surface area contributed by atoms with Crippen LogP contribution in [0.5, 0.6) is 0 Å². The number of carboxylic acid groups (broad SMARTS) is 1. The molecule has 0 spiro atoms. The van der Waals surface area contributed by atoms with Crippen LogP contribution in [0.3, 0.4) is 0 Å². The highest BCUT2D eigenvalue weighted by Crippen LogP contribution is 2.24. The molecule has 420 valence electrons. The van der Waals surface area contributed by atoms with Gasteiger partial charge in [-0.05, 0) is 55.5 Å². The fourth-order valence-electron chi connectivity index (χ4n) is 8.54. The number of hydrogen-bond donors (Lipinski definition) is 12. The Labute approximate surface area is 464 Å². The Kier molecular flexibility index (Phi) is 22.8. The van der Waals surface area contributed by atoms with Crippen LogP contribution in [0.1, 0.15) is 53.2 Å². The average molecular weight is 1120 g/mol. The van der Waals surface area contributed by atoms with Crippen molar-refractivity contribution in [1.82, 2.24) is 47.1 Å². The van der Waals surface area contributed by atoms with Gasteiger partial charge in [0.1, 0.15) is 36.3 Å². The third kappa shape index (κ3) is 17.6. The summed E-state index contributed by atoms with van der Waals surface area (Å²) in [5.41, 5.74) is 14.8. The number of H-pyrrole nitrogens is 1. The number of aromatic amines is 1. The second-order valence-corrected chi connectivity index (χ2v) is 21.5. The van der Waals surface area contributed by atoms with Crippen LogP contribution >= 0.6 is 21.6 Å². The lowest BCUT2D eigenvalue weighted by Crippen LogP contribution is -2.63. The highest BCUT2D eigenvalue weighted by atomic mass is 33.1. The molecule has 4 aromatic carbocycles. The summed E-state index contributed by atoms with van der Waals surface area (Å²) in [4.78, 5) is 132. The SMILES string of the molecule is C[C@@H](O)[C@@H]1NC(=O)[C@@H](CCCCN)NC(=O)[C@H](Cc2c[nH]c3ccccc23)NC(=O)N(C)[C@H](C(=O)c2ccccc2)NC(=O)[C@@H](Cc2ccccc2)NC(=O)[C@H](N)CSSC[C@H](C(=O)O)NC(=O)[C@@H](Cc2ccccc2)NC1=O. The molecule has 1 saturated heterocycles. The van der Waals surface area contributed by atoms with E-state index in [0.29, 0.717) is 40.4 Å². The summed E-state index contributed by atoms with van der Waals surface area (Å²) in [6.07, 6.45) is -1.41. The number of nitrogens with one attached hydrogen (secondary N) is 8. The molecule has 0 saturated carbocycles. The number of likely N-dealkylation sites (N-methyl/N-ethyl adjacent to an activating group) is 1. The summed E-state index contributed by atoms with van der Waals surface area (Å²) < 4.78 is 0. The van der Waals surface area contributed by atoms with Crippen molar-refractivity contribution in [2.75, 3.05) is 25.1 Å². The number of fused-ring (bicyclic) bond motifs is 1. The predicted molar refractivity (Wildman–Crippen MR) is 300 cm³/mol. The molecule has 0 bridgehead atoms. The number of amides is 8. The number of hydrogen-bond acceptors (Lipinski definition) is 14. The number of benzene rings is 4. The maximum atomic E-state index is 14.8. The number of nitrogens with zero attached hydrogens (tertiary/aromatic N) is 1. The Morgan fingerprint density at radius 2 is 1.14 bits per heavy atom. The van der Waals surface area contributed by atoms with E-state index in [1.54, 1.807) is 103 Å². The van der Waals surface area contributed by atoms with Crippen molar-refractivity contribution >= 4 is 85.7 Å². The van der Waals surface area contributed by atoms with Gasteiger partial charge in [0.25, 0.3) is 0 Å². The minimum Gasteiger partial charge on any atom is -0.480 e. The van der Waals surface area contributed by atoms with Crippen LogP contribution in [0.4, 0.5) is 4.79 Å². The van der Waals surface area contributed by atoms with Crippen LogP contribution in [-0.2, 0) is 52.8 Å². The van der Waals surface area contributed by atoms with Gasteiger partial charge in [-0.1, -0.05) is 131 Å². The van der Waals surface area contributed by atoms with Gasteiger partial charge in [0.15, 0.2) is 6.17 Å². The largest absolute Gasteiger partial charge is 0.480 e. The number of ketones is 1. The molecule has 1 fully saturated rings. The summed E-state index contributed by atoms with van der Waals surface area (Å²) >= 11 is 0. The minimum atomic E-state index is -1.75. The van der Waals surface area contributed by atoms with Crippen molar-refractivity contribution in [3.63, 3.8) is 0 Å². The normalized spacial score (nSPS) is 23.4. The number of carbonyl (C=O) groups is 9. The van der Waals surface area contributed by atoms with Gasteiger partial charge >= 0.3 is 12.0 Å². The monoisotopic (exact) mass is 1120 g/mol. The molecular weight excluding hydrogens is 1050 g/mol. The van der Waals surface area contributed by atoms with Crippen molar-refractivity contribution in [2.24, 2.45) is 11.5 Å². The molecule has 0 unspecified atom stereocenters. The first-order valence-electron chi connectivity index (χ1n) is 25.6. The zero-order valence-electron chi connectivity index (χ0n) is 43.6. The van der Waals surface area contributed by atoms with Crippen molar-refractivity contribution in [2.45, 2.75) is 100 Å². The highest BCUT2D eigenvalue weighted by molar-refractivity contribution is 8.76. The van der Waals surface area contributed by atoms with Gasteiger partial charge in [-0.2, -0.15) is 0 Å². The standard InChI is InChI=1S/C55H67N11O11S2/c1-32(67)45-53(74)61-41(26-33-16-6-3-7-17-33)50(71)62-44(54(75)76)31-79-78-30-38(57)48(69)60-42(27-34-18-8-4-9-19-34)52(73)65-47(46(68)35-20-10-5-11-21-35)66(2)55(77)63-43(28-36-29-58-39-23-13-12-22-37(36)39)51(72)59-40(49(70)64-45)24-14-15-25-56/h3-13,16-23,29,32,38,40-45,47,58,67H,14-15,24-28,30-31,56-57H2,1-2H3,(H,59,72)(H,60,69)(H,61,74)(H,62,71)(H,63,77)(H,64,70)(H,65,73)(H,75,76)/t32-,38-,40-,41-,42-,43+,44-,45+,47-/m1/s1. The zero-order valence-corrected chi connectivity index (χ0v) is 45.2. The molecule has 24 heteroatoms. The molecule has 5 aromatic rings. The van der Waals surface area contributed by atoms with E-state index < -0.39 is 108 Å². The zero-order chi connectivity index (χ0) is 57.0. The van der Waals surface area contributed by atoms with Crippen molar-refractivity contribution < 1.29 is 53.4 Å². The van der Waals surface area contributed by atoms with Gasteiger partial charge in [0, 0.05) is 60.5 Å². The first-order valence-corrected chi connectivity index (χ1v) is 28.1. The smallest absolute Gasteiger partial charge is 0.327 e. The molecular formula is C55H67N11O11S2. The van der Waals surface area contributed by atoms with Crippen LogP contribution in [0.15, 0.2) is 121 Å². The third-order valence-corrected chi connectivity index (χ3v) is 15.4. The van der Waals surface area contributed by atoms with Gasteiger partial charge < -0.3 is 68.8 Å². The van der Waals surface area contributed by atoms with Crippen LogP contribution in [0, 0.1) is 0 Å². The summed E-state index contributed by atoms with van der Waals surface area (Å²) in [6.45, 7) is 1.46. The number of aliphatic hydroxyl groups excluding tert-OH is 1. The van der Waals surface area contributed by atoms with Crippen molar-refractivity contribution in [3.05, 3.63) is 144 Å². The van der Waals surface area contributed by atoms with Gasteiger partial charge in [0.05, 0.1) is 12.1 Å². The number of unbranched alkanes of at least 4 members (excludes halogenated alkanes) is 1. The first kappa shape index (κ1) is 60.5. The van der Waals surface area contributed by atoms with E-state index in [0.717, 1.165) is 26.5 Å². The number of carbonyl (C=O) groups excluding carboxylic acids is 8. The van der Waals surface area contributed by atoms with E-state index in [2.05, 4.69) is 42.2 Å². The number of urea groups is 1. The topological polar surface area (TPSA) is 349 Å². The molecule has 9 atom stereocenters. The Hall–Kier alpha value is -7.77. The van der Waals surface area contributed by atoms with Gasteiger partial charge in [-0.3, -0.25) is 33.6 Å². The average Bonchev–Trinajstić information content (AvgIpc) is 3.85. The number of nitrogens with two attached hydrogens (primary N) is 2. The number of carboxylic acids is 1. The quantitative estimate of drug-likeness (QED) is 0.0423. The number of para-hydroxylation sites is 1. The van der Waals surface area contributed by atoms with E-state index >= 15 is 0 Å². The highest BCUT2D eigenvalue weighted by Gasteiger charge is 2.38. The fraction of sp³-hybridized carbons (Fsp3) is 0.364. The number of aliphatic hydroxyl groups is 1. The minimum absolute atomic E-state index is 0.0340. The van der Waals surface area contributed by atoms with Gasteiger partial charge in [-0.25, -0.2) is 9.59 Å². The second kappa shape index (κ2) is 29.8. The van der Waals surface area contributed by atoms with Crippen LogP contribution in [-0.4, -0.2) is 153 Å². The molecule has 2 heterocycles. The Morgan fingerprint density at radius 3 is 1.75 bits per heavy atom. The molecule has 14 N–H and O–H groups in total. The number of aliphatic carboxylic acids is 1. The lowest BCUT2D eigenvalue weighted by Gasteiger charge is -2.32. The summed E-state index contributed by atoms with van der Waals surface area (Å²) in [6, 6.07) is 21.0. The molecule has 1 aliphatic rings. The van der Waals surface area contributed by atoms with Crippen LogP contribution < -0.4 is 48.7 Å². The second-order valence-electron chi connectivity index (χ2n) is 19.0. The van der Waals surface area contributed by atoms with Crippen LogP contribution in [0.25, 0.3) is 10.9 Å². The first-order chi connectivity index (χ1) is 37.9. The third-order valence-electron chi connectivity index (χ3n) is 13.0. The molecule has 79 heavy (non-hydrogen) atoms. The summed E-state index contributed by atoms with van der Waals surface area (Å²) in [5, 5.41) is 40.3. The molecule has 1 aromatic heterocycles. The van der Waals surface area contributed by atoms with Gasteiger partial charge in [-0.15, -0.1) is 0 Å². The Bertz CT molecular complexity index is 2900. The summed E-state index contributed by atoms with van der Waals surface area (Å²) in [7, 11) is 3.24. The molecule has 0 aliphatic carbocycles. The Morgan fingerprint density at radius 1 is 0.620 bits per heavy atom. The predicted octanol–water partition coefficient (Wildman–Crippen LogP) is 1.27. The maximum Gasteiger partial charge on any atom is 0.327 e. The summed E-state index contributed by atoms with van der Waals surface area (Å²) in [5.74, 6) is -7.88. The Balaban J connectivity index is 1.41. The number of rotatable bonds is 14. The van der Waals surface area contributed by atoms with E-state index in [9.17, 15) is 53.4 Å². The van der Waals surface area contributed by atoms with Crippen LogP contribution in [0.2, 0.25) is 0 Å². The molecule has 1 aliphatic heterocycles. The van der Waals surface area contributed by atoms with E-state index in [1.807, 2.05) is 6.07 Å². The molecule has 0 radical (unpaired) electrons. The maximum absolute atomic E-state index is 14.8. The fourth-order valence-corrected chi connectivity index (χ4v) is 10.8. The number of Topliss-reactive ketones (excluding diaryl/α,β-unsaturated/α-hetero) is 1. The van der Waals surface area contributed by atoms with E-state index in [-0.39, 0.29) is 49.3 Å². The van der Waals surface area contributed by atoms with E-state index in [4.69, 9.17) is 11.5 Å². The lowest BCUT2D eigenvalue weighted by molar-refractivity contribution is -0.141. The van der Waals surface area contributed by atoms with Crippen molar-refractivity contribution in [3.8, 4) is 0 Å². The molecule has 8 amide bonds. The van der Waals surface area contributed by atoms with Crippen molar-refractivity contribution in [1.29, 1.82) is 0 Å².